The molecular weight excluding hydrogens is 840 g/mol. The average Bonchev–Trinajstić information content (AvgIpc) is 4.05. The molecule has 4 aromatic heterocycles. The van der Waals surface area contributed by atoms with Gasteiger partial charge in [0.1, 0.15) is 11.2 Å². The summed E-state index contributed by atoms with van der Waals surface area (Å²) in [5.74, 6) is 0. The molecule has 0 saturated heterocycles. The fourth-order valence-electron chi connectivity index (χ4n) is 11.8. The second-order valence-corrected chi connectivity index (χ2v) is 23.8. The van der Waals surface area contributed by atoms with Crippen LogP contribution in [0.25, 0.3) is 101 Å². The third kappa shape index (κ3) is 5.49. The van der Waals surface area contributed by atoms with Crippen LogP contribution >= 0.6 is 22.7 Å². The molecule has 1 aliphatic carbocycles. The van der Waals surface area contributed by atoms with Crippen LogP contribution in [0, 0.1) is 0 Å². The van der Waals surface area contributed by atoms with Crippen molar-refractivity contribution in [3.8, 4) is 16.8 Å². The Kier molecular flexibility index (Phi) is 7.77. The molecular formula is C60H49BN2OS2. The van der Waals surface area contributed by atoms with Gasteiger partial charge in [-0.05, 0) is 130 Å². The van der Waals surface area contributed by atoms with Gasteiger partial charge < -0.3 is 14.3 Å². The van der Waals surface area contributed by atoms with E-state index in [1.54, 1.807) is 0 Å². The van der Waals surface area contributed by atoms with E-state index in [9.17, 15) is 0 Å². The molecule has 12 aromatic rings. The average molecular weight is 889 g/mol. The summed E-state index contributed by atoms with van der Waals surface area (Å²) in [4.78, 5) is 0. The first-order valence-corrected chi connectivity index (χ1v) is 25.2. The zero-order valence-corrected chi connectivity index (χ0v) is 40.1. The molecule has 320 valence electrons. The first-order chi connectivity index (χ1) is 31.8. The SMILES string of the molecule is CC(C)(C)c1ccc(Nc2cc3c(cc2-c2ccc4c5cc6c(cc5n5c4c2Bc2cc4sc7ccccc7c4cc2-5)sc2ccccc26)oc2cc4c(cc23)C(C)(C)CCC4(C)C)cc1. The Morgan fingerprint density at radius 3 is 1.91 bits per heavy atom. The molecule has 0 saturated carbocycles. The lowest BCUT2D eigenvalue weighted by molar-refractivity contribution is 0.332. The molecule has 5 heterocycles. The van der Waals surface area contributed by atoms with Crippen LogP contribution in [0.15, 0.2) is 138 Å². The topological polar surface area (TPSA) is 30.1 Å². The summed E-state index contributed by atoms with van der Waals surface area (Å²) in [5, 5.41) is 14.3. The van der Waals surface area contributed by atoms with Gasteiger partial charge in [0.15, 0.2) is 7.28 Å². The van der Waals surface area contributed by atoms with Gasteiger partial charge in [-0.3, -0.25) is 0 Å². The lowest BCUT2D eigenvalue weighted by atomic mass is 9.59. The largest absolute Gasteiger partial charge is 0.456 e. The van der Waals surface area contributed by atoms with Crippen LogP contribution in [0.1, 0.15) is 78.0 Å². The number of benzene rings is 8. The Morgan fingerprint density at radius 1 is 0.561 bits per heavy atom. The highest BCUT2D eigenvalue weighted by atomic mass is 32.1. The van der Waals surface area contributed by atoms with Crippen LogP contribution in [0.5, 0.6) is 0 Å². The molecule has 0 spiro atoms. The van der Waals surface area contributed by atoms with E-state index in [0.29, 0.717) is 0 Å². The van der Waals surface area contributed by atoms with Crippen molar-refractivity contribution in [2.24, 2.45) is 0 Å². The smallest absolute Gasteiger partial charge is 0.198 e. The van der Waals surface area contributed by atoms with Crippen LogP contribution < -0.4 is 16.2 Å². The molecule has 0 amide bonds. The van der Waals surface area contributed by atoms with Gasteiger partial charge in [-0.1, -0.05) is 115 Å². The van der Waals surface area contributed by atoms with E-state index in [0.717, 1.165) is 40.8 Å². The van der Waals surface area contributed by atoms with Crippen molar-refractivity contribution in [2.45, 2.75) is 77.6 Å². The molecule has 2 aliphatic rings. The Labute approximate surface area is 392 Å². The highest BCUT2D eigenvalue weighted by Crippen LogP contribution is 2.50. The highest BCUT2D eigenvalue weighted by molar-refractivity contribution is 7.26. The Morgan fingerprint density at radius 2 is 1.20 bits per heavy atom. The molecule has 1 aliphatic heterocycles. The number of hydrogen-bond donors (Lipinski definition) is 1. The molecule has 6 heteroatoms. The van der Waals surface area contributed by atoms with Crippen LogP contribution in [0.3, 0.4) is 0 Å². The number of anilines is 2. The lowest BCUT2D eigenvalue weighted by Crippen LogP contribution is -2.37. The van der Waals surface area contributed by atoms with Crippen LogP contribution in [0.2, 0.25) is 0 Å². The van der Waals surface area contributed by atoms with Crippen LogP contribution in [-0.4, -0.2) is 11.8 Å². The number of furan rings is 1. The number of nitrogens with zero attached hydrogens (tertiary/aromatic N) is 1. The number of aromatic nitrogens is 1. The number of hydrogen-bond acceptors (Lipinski definition) is 4. The summed E-state index contributed by atoms with van der Waals surface area (Å²) >= 11 is 3.81. The molecule has 3 nitrogen and oxygen atoms in total. The number of fused-ring (bicyclic) bond motifs is 15. The minimum atomic E-state index is 0.0657. The summed E-state index contributed by atoms with van der Waals surface area (Å²) < 4.78 is 15.0. The zero-order chi connectivity index (χ0) is 44.6. The molecule has 66 heavy (non-hydrogen) atoms. The third-order valence-corrected chi connectivity index (χ3v) is 17.9. The van der Waals surface area contributed by atoms with Crippen LogP contribution in [0.4, 0.5) is 11.4 Å². The fourth-order valence-corrected chi connectivity index (χ4v) is 14.1. The van der Waals surface area contributed by atoms with E-state index < -0.39 is 0 Å². The number of thiophene rings is 2. The van der Waals surface area contributed by atoms with Crippen molar-refractivity contribution < 1.29 is 4.42 Å². The van der Waals surface area contributed by atoms with E-state index in [1.807, 2.05) is 22.7 Å². The molecule has 0 radical (unpaired) electrons. The maximum absolute atomic E-state index is 7.02. The van der Waals surface area contributed by atoms with Crippen molar-refractivity contribution in [2.75, 3.05) is 5.32 Å². The third-order valence-electron chi connectivity index (χ3n) is 15.6. The maximum Gasteiger partial charge on any atom is 0.198 e. The summed E-state index contributed by atoms with van der Waals surface area (Å²) in [6.45, 7) is 16.5. The van der Waals surface area contributed by atoms with Crippen molar-refractivity contribution in [1.82, 2.24) is 4.57 Å². The van der Waals surface area contributed by atoms with Gasteiger partial charge in [0.05, 0.1) is 5.52 Å². The van der Waals surface area contributed by atoms with Crippen molar-refractivity contribution in [3.05, 3.63) is 150 Å². The monoisotopic (exact) mass is 888 g/mol. The Hall–Kier alpha value is -6.34. The van der Waals surface area contributed by atoms with E-state index >= 15 is 0 Å². The molecule has 0 unspecified atom stereocenters. The predicted molar refractivity (Wildman–Crippen MR) is 289 cm³/mol. The number of nitrogens with one attached hydrogen (secondary N) is 1. The van der Waals surface area contributed by atoms with E-state index in [4.69, 9.17) is 4.42 Å². The van der Waals surface area contributed by atoms with Crippen LogP contribution in [-0.2, 0) is 16.2 Å². The molecule has 8 aromatic carbocycles. The standard InChI is InChI=1S/C60H49BN2OS2/c1-58(2,3)32-16-18-33(19-17-32)62-47-26-41-40-25-44-45(60(6,7)23-22-59(44,4)5)29-51(40)64-50(41)28-38(47)36-20-21-37-39-24-42-34-12-8-10-14-52(34)66-55(42)31-48(39)63-49-27-43-35-13-9-11-15-53(35)65-54(43)30-46(49)61-56(36)57(37)63/h8-21,24-31,61-62H,22-23H2,1-7H3. The van der Waals surface area contributed by atoms with Crippen molar-refractivity contribution in [1.29, 1.82) is 0 Å². The zero-order valence-electron chi connectivity index (χ0n) is 38.5. The normalized spacial score (nSPS) is 15.4. The summed E-state index contributed by atoms with van der Waals surface area (Å²) in [6, 6.07) is 51.1. The predicted octanol–water partition coefficient (Wildman–Crippen LogP) is 16.2. The Balaban J connectivity index is 1.06. The first kappa shape index (κ1) is 38.9. The van der Waals surface area contributed by atoms with Crippen molar-refractivity contribution >= 4 is 136 Å². The molecule has 0 atom stereocenters. The quantitative estimate of drug-likeness (QED) is 0.179. The van der Waals surface area contributed by atoms with Gasteiger partial charge in [0, 0.05) is 90.0 Å². The minimum Gasteiger partial charge on any atom is -0.456 e. The summed E-state index contributed by atoms with van der Waals surface area (Å²) in [7, 11) is 0.828. The Bertz CT molecular complexity index is 4090. The molecule has 0 fully saturated rings. The van der Waals surface area contributed by atoms with Gasteiger partial charge in [-0.15, -0.1) is 22.7 Å². The number of rotatable bonds is 3. The lowest BCUT2D eigenvalue weighted by Gasteiger charge is -2.41. The minimum absolute atomic E-state index is 0.0657. The summed E-state index contributed by atoms with van der Waals surface area (Å²) in [6.07, 6.45) is 2.34. The first-order valence-electron chi connectivity index (χ1n) is 23.6. The van der Waals surface area contributed by atoms with Gasteiger partial charge in [0.2, 0.25) is 0 Å². The second kappa shape index (κ2) is 13.2. The van der Waals surface area contributed by atoms with Gasteiger partial charge >= 0.3 is 0 Å². The second-order valence-electron chi connectivity index (χ2n) is 21.6. The molecule has 14 rings (SSSR count). The maximum atomic E-state index is 7.02. The van der Waals surface area contributed by atoms with Crippen molar-refractivity contribution in [3.63, 3.8) is 0 Å². The highest BCUT2D eigenvalue weighted by Gasteiger charge is 2.38. The van der Waals surface area contributed by atoms with Gasteiger partial charge in [0.25, 0.3) is 0 Å². The van der Waals surface area contributed by atoms with E-state index in [1.165, 1.54) is 119 Å². The van der Waals surface area contributed by atoms with Gasteiger partial charge in [-0.2, -0.15) is 0 Å². The van der Waals surface area contributed by atoms with E-state index in [-0.39, 0.29) is 16.2 Å². The molecule has 0 bridgehead atoms. The fraction of sp³-hybridized carbons (Fsp3) is 0.200. The summed E-state index contributed by atoms with van der Waals surface area (Å²) in [5.41, 5.74) is 17.5. The molecule has 1 N–H and O–H groups in total. The van der Waals surface area contributed by atoms with E-state index in [2.05, 4.69) is 192 Å². The van der Waals surface area contributed by atoms with Gasteiger partial charge in [-0.25, -0.2) is 0 Å².